The summed E-state index contributed by atoms with van der Waals surface area (Å²) in [4.78, 5) is 17.6. The number of carbonyl (C=O) groups excluding carboxylic acids is 1. The maximum atomic E-state index is 13.8. The lowest BCUT2D eigenvalue weighted by atomic mass is 10.2. The van der Waals surface area contributed by atoms with Gasteiger partial charge in [0, 0.05) is 19.4 Å². The first-order valence-electron chi connectivity index (χ1n) is 7.07. The van der Waals surface area contributed by atoms with Crippen molar-refractivity contribution in [1.29, 1.82) is 0 Å². The summed E-state index contributed by atoms with van der Waals surface area (Å²) >= 11 is 0. The average Bonchev–Trinajstić information content (AvgIpc) is 3.04. The lowest BCUT2D eigenvalue weighted by Gasteiger charge is -2.15. The van der Waals surface area contributed by atoms with Gasteiger partial charge in [-0.1, -0.05) is 18.2 Å². The third-order valence-electron chi connectivity index (χ3n) is 3.55. The number of anilines is 1. The van der Waals surface area contributed by atoms with Gasteiger partial charge in [-0.05, 0) is 30.7 Å². The Morgan fingerprint density at radius 1 is 1.22 bits per heavy atom. The van der Waals surface area contributed by atoms with E-state index in [9.17, 15) is 9.18 Å². The van der Waals surface area contributed by atoms with E-state index in [0.717, 1.165) is 11.3 Å². The van der Waals surface area contributed by atoms with Crippen molar-refractivity contribution in [2.45, 2.75) is 6.92 Å². The largest absolute Gasteiger partial charge is 0.293 e. The van der Waals surface area contributed by atoms with Crippen molar-refractivity contribution in [3.8, 4) is 5.69 Å². The number of rotatable bonds is 3. The van der Waals surface area contributed by atoms with Crippen LogP contribution in [0.25, 0.3) is 5.69 Å². The molecule has 3 aromatic rings. The van der Waals surface area contributed by atoms with Gasteiger partial charge in [-0.3, -0.25) is 9.69 Å². The van der Waals surface area contributed by atoms with Crippen LogP contribution in [0.4, 0.5) is 10.2 Å². The zero-order chi connectivity index (χ0) is 16.4. The van der Waals surface area contributed by atoms with Gasteiger partial charge in [0.05, 0.1) is 17.4 Å². The molecule has 0 saturated carbocycles. The molecule has 0 unspecified atom stereocenters. The van der Waals surface area contributed by atoms with Gasteiger partial charge in [-0.25, -0.2) is 14.1 Å². The first-order chi connectivity index (χ1) is 11.1. The first-order valence-corrected chi connectivity index (χ1v) is 7.07. The number of carbonyl (C=O) groups is 1. The molecule has 2 aromatic heterocycles. The van der Waals surface area contributed by atoms with Crippen molar-refractivity contribution < 1.29 is 9.18 Å². The van der Waals surface area contributed by atoms with Crippen LogP contribution in [0.3, 0.4) is 0 Å². The molecule has 2 heterocycles. The molecule has 0 aliphatic carbocycles. The summed E-state index contributed by atoms with van der Waals surface area (Å²) in [7, 11) is 1.48. The molecule has 0 spiro atoms. The molecule has 1 aromatic carbocycles. The number of nitrogens with zero attached hydrogens (tertiary/aromatic N) is 4. The summed E-state index contributed by atoms with van der Waals surface area (Å²) < 4.78 is 15.4. The monoisotopic (exact) mass is 310 g/mol. The third kappa shape index (κ3) is 2.83. The van der Waals surface area contributed by atoms with Crippen LogP contribution in [0.15, 0.2) is 55.0 Å². The second-order valence-electron chi connectivity index (χ2n) is 5.13. The fourth-order valence-electron chi connectivity index (χ4n) is 2.30. The Hall–Kier alpha value is -3.02. The van der Waals surface area contributed by atoms with E-state index in [-0.39, 0.29) is 11.7 Å². The lowest BCUT2D eigenvalue weighted by Crippen LogP contribution is -2.27. The molecule has 116 valence electrons. The zero-order valence-electron chi connectivity index (χ0n) is 12.8. The summed E-state index contributed by atoms with van der Waals surface area (Å²) in [5.74, 6) is -0.932. The molecule has 0 fully saturated rings. The highest BCUT2D eigenvalue weighted by Gasteiger charge is 2.19. The molecule has 0 N–H and O–H groups in total. The van der Waals surface area contributed by atoms with E-state index in [1.54, 1.807) is 10.9 Å². The zero-order valence-corrected chi connectivity index (χ0v) is 12.8. The lowest BCUT2D eigenvalue weighted by molar-refractivity contribution is 0.0991. The van der Waals surface area contributed by atoms with Gasteiger partial charge in [-0.2, -0.15) is 5.10 Å². The SMILES string of the molecule is Cc1ccccc1-n1cc(C(=O)N(C)c2ncccc2F)cn1. The van der Waals surface area contributed by atoms with Gasteiger partial charge < -0.3 is 0 Å². The molecule has 1 amide bonds. The smallest absolute Gasteiger partial charge is 0.262 e. The van der Waals surface area contributed by atoms with Gasteiger partial charge in [0.25, 0.3) is 5.91 Å². The number of pyridine rings is 1. The van der Waals surface area contributed by atoms with Crippen molar-refractivity contribution in [2.24, 2.45) is 0 Å². The van der Waals surface area contributed by atoms with E-state index < -0.39 is 5.82 Å². The van der Waals surface area contributed by atoms with E-state index >= 15 is 0 Å². The highest BCUT2D eigenvalue weighted by atomic mass is 19.1. The third-order valence-corrected chi connectivity index (χ3v) is 3.55. The molecule has 0 bridgehead atoms. The Kier molecular flexibility index (Phi) is 3.89. The molecule has 6 heteroatoms. The molecular weight excluding hydrogens is 295 g/mol. The number of hydrogen-bond acceptors (Lipinski definition) is 3. The van der Waals surface area contributed by atoms with Crippen LogP contribution >= 0.6 is 0 Å². The summed E-state index contributed by atoms with van der Waals surface area (Å²) in [5, 5.41) is 4.22. The number of hydrogen-bond donors (Lipinski definition) is 0. The van der Waals surface area contributed by atoms with Gasteiger partial charge in [0.2, 0.25) is 0 Å². The average molecular weight is 310 g/mol. The molecular formula is C17H15FN4O. The highest BCUT2D eigenvalue weighted by Crippen LogP contribution is 2.18. The number of para-hydroxylation sites is 1. The molecule has 23 heavy (non-hydrogen) atoms. The molecule has 0 radical (unpaired) electrons. The summed E-state index contributed by atoms with van der Waals surface area (Å²) in [6.45, 7) is 1.97. The minimum Gasteiger partial charge on any atom is -0.293 e. The molecule has 5 nitrogen and oxygen atoms in total. The highest BCUT2D eigenvalue weighted by molar-refractivity contribution is 6.05. The van der Waals surface area contributed by atoms with Crippen molar-refractivity contribution in [1.82, 2.24) is 14.8 Å². The van der Waals surface area contributed by atoms with Crippen LogP contribution in [0.2, 0.25) is 0 Å². The van der Waals surface area contributed by atoms with Gasteiger partial charge in [0.1, 0.15) is 0 Å². The standard InChI is InChI=1S/C17H15FN4O/c1-12-6-3-4-8-15(12)22-11-13(10-20-22)17(23)21(2)16-14(18)7-5-9-19-16/h3-11H,1-2H3. The first kappa shape index (κ1) is 14.9. The van der Waals surface area contributed by atoms with E-state index in [1.165, 1.54) is 36.5 Å². The van der Waals surface area contributed by atoms with E-state index in [2.05, 4.69) is 10.1 Å². The molecule has 3 rings (SSSR count). The van der Waals surface area contributed by atoms with Crippen LogP contribution in [-0.2, 0) is 0 Å². The van der Waals surface area contributed by atoms with Crippen molar-refractivity contribution in [3.63, 3.8) is 0 Å². The van der Waals surface area contributed by atoms with Gasteiger partial charge in [0.15, 0.2) is 11.6 Å². The normalized spacial score (nSPS) is 10.6. The Bertz CT molecular complexity index is 859. The van der Waals surface area contributed by atoms with Crippen molar-refractivity contribution >= 4 is 11.7 Å². The topological polar surface area (TPSA) is 51.0 Å². The number of aromatic nitrogens is 3. The quantitative estimate of drug-likeness (QED) is 0.747. The van der Waals surface area contributed by atoms with Gasteiger partial charge in [-0.15, -0.1) is 0 Å². The minimum atomic E-state index is -0.547. The summed E-state index contributed by atoms with van der Waals surface area (Å²) in [6.07, 6.45) is 4.53. The number of benzene rings is 1. The Labute approximate surface area is 133 Å². The molecule has 0 aliphatic heterocycles. The second-order valence-corrected chi connectivity index (χ2v) is 5.13. The summed E-state index contributed by atoms with van der Waals surface area (Å²) in [5.41, 5.74) is 2.29. The number of amides is 1. The van der Waals surface area contributed by atoms with Crippen LogP contribution in [-0.4, -0.2) is 27.7 Å². The van der Waals surface area contributed by atoms with Crippen LogP contribution in [0.1, 0.15) is 15.9 Å². The Morgan fingerprint density at radius 2 is 2.00 bits per heavy atom. The van der Waals surface area contributed by atoms with Crippen LogP contribution < -0.4 is 4.90 Å². The molecule has 0 aliphatic rings. The maximum absolute atomic E-state index is 13.8. The maximum Gasteiger partial charge on any atom is 0.262 e. The predicted molar refractivity (Wildman–Crippen MR) is 85.2 cm³/mol. The predicted octanol–water partition coefficient (Wildman–Crippen LogP) is 2.99. The fraction of sp³-hybridized carbons (Fsp3) is 0.118. The second kappa shape index (κ2) is 6.00. The van der Waals surface area contributed by atoms with Crippen molar-refractivity contribution in [3.05, 3.63) is 71.9 Å². The van der Waals surface area contributed by atoms with E-state index in [0.29, 0.717) is 5.56 Å². The Morgan fingerprint density at radius 3 is 2.74 bits per heavy atom. The summed E-state index contributed by atoms with van der Waals surface area (Å²) in [6, 6.07) is 10.5. The number of halogens is 1. The van der Waals surface area contributed by atoms with Gasteiger partial charge >= 0.3 is 0 Å². The molecule has 0 atom stereocenters. The van der Waals surface area contributed by atoms with Crippen LogP contribution in [0.5, 0.6) is 0 Å². The number of aryl methyl sites for hydroxylation is 1. The van der Waals surface area contributed by atoms with E-state index in [1.807, 2.05) is 31.2 Å². The van der Waals surface area contributed by atoms with E-state index in [4.69, 9.17) is 0 Å². The molecule has 0 saturated heterocycles. The Balaban J connectivity index is 1.90. The minimum absolute atomic E-state index is 0.0128. The van der Waals surface area contributed by atoms with Crippen molar-refractivity contribution in [2.75, 3.05) is 11.9 Å². The fourth-order valence-corrected chi connectivity index (χ4v) is 2.30. The van der Waals surface area contributed by atoms with Crippen LogP contribution in [0, 0.1) is 12.7 Å².